The Morgan fingerprint density at radius 1 is 0.897 bits per heavy atom. The Morgan fingerprint density at radius 3 is 2.07 bits per heavy atom. The molecule has 0 unspecified atom stereocenters. The molecule has 1 aliphatic rings. The molecule has 1 saturated heterocycles. The van der Waals surface area contributed by atoms with Crippen LogP contribution in [0.2, 0.25) is 0 Å². The molecule has 158 valence electrons. The molecule has 0 radical (unpaired) electrons. The third kappa shape index (κ3) is 5.19. The van der Waals surface area contributed by atoms with Crippen LogP contribution in [0.25, 0.3) is 10.9 Å². The Hall–Kier alpha value is -2.77. The van der Waals surface area contributed by atoms with Gasteiger partial charge in [-0.2, -0.15) is 9.78 Å². The van der Waals surface area contributed by atoms with E-state index in [1.807, 2.05) is 59.7 Å². The molecule has 0 saturated carbocycles. The lowest BCUT2D eigenvalue weighted by Gasteiger charge is -2.36. The third-order valence-electron chi connectivity index (χ3n) is 4.41. The van der Waals surface area contributed by atoms with Crippen molar-refractivity contribution in [1.29, 1.82) is 0 Å². The van der Waals surface area contributed by atoms with Gasteiger partial charge >= 0.3 is 12.2 Å². The number of ether oxygens (including phenoxy) is 2. The molecule has 29 heavy (non-hydrogen) atoms. The number of hydrogen-bond acceptors (Lipinski definition) is 6. The van der Waals surface area contributed by atoms with Crippen LogP contribution in [-0.4, -0.2) is 64.2 Å². The van der Waals surface area contributed by atoms with E-state index in [1.54, 1.807) is 11.1 Å². The van der Waals surface area contributed by atoms with Crippen LogP contribution in [0, 0.1) is 0 Å². The molecule has 8 nitrogen and oxygen atoms in total. The smallest absolute Gasteiger partial charge is 0.435 e. The minimum absolute atomic E-state index is 0.272. The van der Waals surface area contributed by atoms with Crippen LogP contribution in [0.15, 0.2) is 24.4 Å². The first-order valence-electron chi connectivity index (χ1n) is 9.87. The zero-order chi connectivity index (χ0) is 21.4. The molecule has 1 aromatic heterocycles. The van der Waals surface area contributed by atoms with Crippen molar-refractivity contribution >= 4 is 28.8 Å². The second kappa shape index (κ2) is 7.57. The molecule has 1 fully saturated rings. The molecule has 0 N–H and O–H groups in total. The normalized spacial score (nSPS) is 15.5. The third-order valence-corrected chi connectivity index (χ3v) is 4.41. The lowest BCUT2D eigenvalue weighted by atomic mass is 10.2. The van der Waals surface area contributed by atoms with E-state index in [9.17, 15) is 9.59 Å². The maximum atomic E-state index is 12.3. The number of hydrogen-bond donors (Lipinski definition) is 0. The number of rotatable bonds is 1. The Morgan fingerprint density at radius 2 is 1.48 bits per heavy atom. The van der Waals surface area contributed by atoms with Gasteiger partial charge in [-0.1, -0.05) is 0 Å². The van der Waals surface area contributed by atoms with Crippen LogP contribution in [0.4, 0.5) is 15.3 Å². The summed E-state index contributed by atoms with van der Waals surface area (Å²) in [5.74, 6) is 0. The molecule has 0 bridgehead atoms. The largest absolute Gasteiger partial charge is 0.444 e. The summed E-state index contributed by atoms with van der Waals surface area (Å²) >= 11 is 0. The Labute approximate surface area is 171 Å². The highest BCUT2D eigenvalue weighted by molar-refractivity contribution is 5.89. The summed E-state index contributed by atoms with van der Waals surface area (Å²) < 4.78 is 12.1. The van der Waals surface area contributed by atoms with Gasteiger partial charge in [0.1, 0.15) is 11.2 Å². The number of fused-ring (bicyclic) bond motifs is 1. The number of anilines is 1. The van der Waals surface area contributed by atoms with Crippen molar-refractivity contribution in [3.05, 3.63) is 24.4 Å². The van der Waals surface area contributed by atoms with E-state index in [0.29, 0.717) is 31.7 Å². The second-order valence-corrected chi connectivity index (χ2v) is 9.23. The molecule has 1 aromatic carbocycles. The fraction of sp³-hybridized carbons (Fsp3) is 0.571. The molecule has 3 rings (SSSR count). The Kier molecular flexibility index (Phi) is 5.47. The van der Waals surface area contributed by atoms with Gasteiger partial charge in [-0.15, -0.1) is 0 Å². The summed E-state index contributed by atoms with van der Waals surface area (Å²) in [6.45, 7) is 13.7. The highest BCUT2D eigenvalue weighted by Crippen LogP contribution is 2.24. The van der Waals surface area contributed by atoms with Crippen molar-refractivity contribution < 1.29 is 19.1 Å². The van der Waals surface area contributed by atoms with E-state index in [1.165, 1.54) is 4.68 Å². The van der Waals surface area contributed by atoms with E-state index in [4.69, 9.17) is 9.47 Å². The number of nitrogens with zero attached hydrogens (tertiary/aromatic N) is 4. The van der Waals surface area contributed by atoms with E-state index >= 15 is 0 Å². The minimum atomic E-state index is -0.580. The van der Waals surface area contributed by atoms with Gasteiger partial charge in [0.25, 0.3) is 0 Å². The average Bonchev–Trinajstić information content (AvgIpc) is 3.02. The summed E-state index contributed by atoms with van der Waals surface area (Å²) in [4.78, 5) is 28.5. The van der Waals surface area contributed by atoms with Crippen molar-refractivity contribution in [2.75, 3.05) is 31.1 Å². The van der Waals surface area contributed by atoms with Gasteiger partial charge in [-0.3, -0.25) is 0 Å². The number of benzene rings is 1. The maximum absolute atomic E-state index is 12.3. The van der Waals surface area contributed by atoms with Crippen molar-refractivity contribution in [1.82, 2.24) is 14.7 Å². The second-order valence-electron chi connectivity index (χ2n) is 9.23. The zero-order valence-electron chi connectivity index (χ0n) is 18.1. The molecule has 1 amide bonds. The first-order valence-corrected chi connectivity index (χ1v) is 9.87. The van der Waals surface area contributed by atoms with Gasteiger partial charge < -0.3 is 19.3 Å². The number of amides is 1. The standard InChI is InChI=1S/C21H30N4O4/c1-20(2,3)28-18(26)24-11-9-23(10-12-24)16-7-8-17-15(13-16)14-22-25(17)19(27)29-21(4,5)6/h7-8,13-14H,9-12H2,1-6H3. The summed E-state index contributed by atoms with van der Waals surface area (Å²) in [6.07, 6.45) is 0.900. The van der Waals surface area contributed by atoms with Gasteiger partial charge in [-0.05, 0) is 59.7 Å². The van der Waals surface area contributed by atoms with Gasteiger partial charge in [0, 0.05) is 37.3 Å². The van der Waals surface area contributed by atoms with E-state index in [0.717, 1.165) is 11.1 Å². The van der Waals surface area contributed by atoms with Gasteiger partial charge in [0.2, 0.25) is 0 Å². The first-order chi connectivity index (χ1) is 13.4. The predicted octanol–water partition coefficient (Wildman–Crippen LogP) is 3.88. The molecule has 2 heterocycles. The van der Waals surface area contributed by atoms with Crippen LogP contribution in [0.3, 0.4) is 0 Å². The highest BCUT2D eigenvalue weighted by Gasteiger charge is 2.26. The molecule has 1 aliphatic heterocycles. The summed E-state index contributed by atoms with van der Waals surface area (Å²) in [5.41, 5.74) is 0.664. The lowest BCUT2D eigenvalue weighted by molar-refractivity contribution is 0.0240. The SMILES string of the molecule is CC(C)(C)OC(=O)N1CCN(c2ccc3c(cnn3C(=O)OC(C)(C)C)c2)CC1. The molecular formula is C21H30N4O4. The number of carbonyl (C=O) groups excluding carboxylic acids is 2. The van der Waals surface area contributed by atoms with E-state index < -0.39 is 17.3 Å². The van der Waals surface area contributed by atoms with E-state index in [-0.39, 0.29) is 6.09 Å². The van der Waals surface area contributed by atoms with Crippen molar-refractivity contribution in [2.24, 2.45) is 0 Å². The molecular weight excluding hydrogens is 372 g/mol. The minimum Gasteiger partial charge on any atom is -0.444 e. The number of piperazine rings is 1. The number of aromatic nitrogens is 2. The fourth-order valence-corrected chi connectivity index (χ4v) is 3.14. The van der Waals surface area contributed by atoms with Gasteiger partial charge in [0.15, 0.2) is 0 Å². The summed E-state index contributed by atoms with van der Waals surface area (Å²) in [5, 5.41) is 5.05. The molecule has 8 heteroatoms. The number of carbonyl (C=O) groups is 2. The fourth-order valence-electron chi connectivity index (χ4n) is 3.14. The van der Waals surface area contributed by atoms with Gasteiger partial charge in [-0.25, -0.2) is 9.59 Å². The van der Waals surface area contributed by atoms with Crippen LogP contribution in [0.5, 0.6) is 0 Å². The highest BCUT2D eigenvalue weighted by atomic mass is 16.6. The van der Waals surface area contributed by atoms with Crippen molar-refractivity contribution in [3.63, 3.8) is 0 Å². The summed E-state index contributed by atoms with van der Waals surface area (Å²) in [6, 6.07) is 5.85. The molecule has 2 aromatic rings. The quantitative estimate of drug-likeness (QED) is 0.721. The molecule has 0 spiro atoms. The maximum Gasteiger partial charge on any atom is 0.435 e. The average molecular weight is 402 g/mol. The van der Waals surface area contributed by atoms with Crippen LogP contribution >= 0.6 is 0 Å². The molecule has 0 aliphatic carbocycles. The molecule has 0 atom stereocenters. The predicted molar refractivity (Wildman–Crippen MR) is 111 cm³/mol. The monoisotopic (exact) mass is 402 g/mol. The lowest BCUT2D eigenvalue weighted by Crippen LogP contribution is -2.50. The first kappa shape index (κ1) is 21.0. The Balaban J connectivity index is 1.68. The van der Waals surface area contributed by atoms with Crippen LogP contribution in [0.1, 0.15) is 41.5 Å². The summed E-state index contributed by atoms with van der Waals surface area (Å²) in [7, 11) is 0. The van der Waals surface area contributed by atoms with Crippen molar-refractivity contribution in [3.8, 4) is 0 Å². The Bertz CT molecular complexity index is 900. The van der Waals surface area contributed by atoms with Crippen LogP contribution in [-0.2, 0) is 9.47 Å². The van der Waals surface area contributed by atoms with Gasteiger partial charge in [0.05, 0.1) is 11.7 Å². The van der Waals surface area contributed by atoms with Crippen molar-refractivity contribution in [2.45, 2.75) is 52.7 Å². The van der Waals surface area contributed by atoms with E-state index in [2.05, 4.69) is 10.00 Å². The zero-order valence-corrected chi connectivity index (χ0v) is 18.1. The van der Waals surface area contributed by atoms with Crippen LogP contribution < -0.4 is 4.90 Å². The topological polar surface area (TPSA) is 76.9 Å².